The minimum Gasteiger partial charge on any atom is -0.149 e. The van der Waals surface area contributed by atoms with E-state index in [0.717, 1.165) is 11.1 Å². The van der Waals surface area contributed by atoms with Gasteiger partial charge in [-0.2, -0.15) is 0 Å². The van der Waals surface area contributed by atoms with Crippen LogP contribution in [0.25, 0.3) is 0 Å². The van der Waals surface area contributed by atoms with Gasteiger partial charge < -0.3 is 0 Å². The molecule has 3 rings (SSSR count). The molecule has 0 bridgehead atoms. The van der Waals surface area contributed by atoms with Crippen molar-refractivity contribution < 1.29 is 0 Å². The molecule has 0 heterocycles. The Morgan fingerprint density at radius 3 is 1.39 bits per heavy atom. The standard InChI is InChI=1S/C19H14N2O2/c22-20-18-13-11-17(12-14-18)19(21-23,15-7-3-1-4-8-15)16-9-5-2-6-10-16/h1-14H. The van der Waals surface area contributed by atoms with Gasteiger partial charge in [-0.1, -0.05) is 72.8 Å². The van der Waals surface area contributed by atoms with Crippen molar-refractivity contribution in [2.75, 3.05) is 0 Å². The lowest BCUT2D eigenvalue weighted by Crippen LogP contribution is -2.26. The van der Waals surface area contributed by atoms with Gasteiger partial charge in [0.2, 0.25) is 0 Å². The highest BCUT2D eigenvalue weighted by atomic mass is 16.3. The summed E-state index contributed by atoms with van der Waals surface area (Å²) in [7, 11) is 0. The Labute approximate surface area is 133 Å². The van der Waals surface area contributed by atoms with Gasteiger partial charge in [-0.15, -0.1) is 9.81 Å². The molecule has 0 radical (unpaired) electrons. The molecule has 0 unspecified atom stereocenters. The van der Waals surface area contributed by atoms with Crippen LogP contribution in [0.1, 0.15) is 16.7 Å². The maximum absolute atomic E-state index is 12.0. The predicted octanol–water partition coefficient (Wildman–Crippen LogP) is 5.14. The van der Waals surface area contributed by atoms with E-state index in [0.29, 0.717) is 11.3 Å². The molecule has 0 amide bonds. The van der Waals surface area contributed by atoms with Gasteiger partial charge in [0, 0.05) is 0 Å². The molecule has 0 aliphatic rings. The van der Waals surface area contributed by atoms with E-state index in [4.69, 9.17) is 0 Å². The number of benzene rings is 3. The molecule has 4 heteroatoms. The van der Waals surface area contributed by atoms with Gasteiger partial charge in [0.05, 0.1) is 0 Å². The van der Waals surface area contributed by atoms with Crippen molar-refractivity contribution >= 4 is 5.69 Å². The lowest BCUT2D eigenvalue weighted by Gasteiger charge is -2.28. The van der Waals surface area contributed by atoms with Crippen LogP contribution in [0.15, 0.2) is 95.3 Å². The average Bonchev–Trinajstić information content (AvgIpc) is 2.65. The van der Waals surface area contributed by atoms with Crippen LogP contribution in [0.2, 0.25) is 0 Å². The number of hydrogen-bond donors (Lipinski definition) is 0. The molecule has 0 aromatic heterocycles. The fourth-order valence-electron chi connectivity index (χ4n) is 2.78. The molecule has 0 saturated carbocycles. The largest absolute Gasteiger partial charge is 0.177 e. The Kier molecular flexibility index (Phi) is 4.06. The van der Waals surface area contributed by atoms with Crippen molar-refractivity contribution in [3.8, 4) is 0 Å². The summed E-state index contributed by atoms with van der Waals surface area (Å²) in [4.78, 5) is 22.7. The molecule has 3 aromatic rings. The number of nitroso groups, excluding NO2 is 2. The number of nitrogens with zero attached hydrogens (tertiary/aromatic N) is 2. The highest BCUT2D eigenvalue weighted by molar-refractivity contribution is 5.52. The average molecular weight is 302 g/mol. The maximum atomic E-state index is 12.0. The number of rotatable bonds is 5. The summed E-state index contributed by atoms with van der Waals surface area (Å²) in [5, 5.41) is 6.43. The third-order valence-corrected chi connectivity index (χ3v) is 3.91. The van der Waals surface area contributed by atoms with Crippen molar-refractivity contribution in [2.45, 2.75) is 5.54 Å². The Balaban J connectivity index is 2.28. The molecule has 0 fully saturated rings. The second-order valence-corrected chi connectivity index (χ2v) is 5.17. The molecular weight excluding hydrogens is 288 g/mol. The first-order valence-corrected chi connectivity index (χ1v) is 7.21. The van der Waals surface area contributed by atoms with Crippen LogP contribution < -0.4 is 0 Å². The predicted molar refractivity (Wildman–Crippen MR) is 90.5 cm³/mol. The quantitative estimate of drug-likeness (QED) is 0.484. The monoisotopic (exact) mass is 302 g/mol. The van der Waals surface area contributed by atoms with Gasteiger partial charge in [0.15, 0.2) is 5.54 Å². The molecule has 0 spiro atoms. The summed E-state index contributed by atoms with van der Waals surface area (Å²) in [6.07, 6.45) is 0. The molecule has 112 valence electrons. The van der Waals surface area contributed by atoms with Crippen molar-refractivity contribution in [3.63, 3.8) is 0 Å². The molecule has 0 N–H and O–H groups in total. The van der Waals surface area contributed by atoms with E-state index >= 15 is 0 Å². The minimum atomic E-state index is -1.16. The second-order valence-electron chi connectivity index (χ2n) is 5.17. The summed E-state index contributed by atoms with van der Waals surface area (Å²) in [6, 6.07) is 25.4. The lowest BCUT2D eigenvalue weighted by molar-refractivity contribution is 0.649. The van der Waals surface area contributed by atoms with E-state index in [1.54, 1.807) is 24.3 Å². The van der Waals surface area contributed by atoms with Gasteiger partial charge in [0.25, 0.3) is 0 Å². The Morgan fingerprint density at radius 1 is 0.565 bits per heavy atom. The van der Waals surface area contributed by atoms with Crippen molar-refractivity contribution in [3.05, 3.63) is 111 Å². The fourth-order valence-corrected chi connectivity index (χ4v) is 2.78. The number of hydrogen-bond acceptors (Lipinski definition) is 4. The first-order chi connectivity index (χ1) is 11.3. The highest BCUT2D eigenvalue weighted by Gasteiger charge is 2.38. The molecule has 0 aliphatic carbocycles. The molecular formula is C19H14N2O2. The van der Waals surface area contributed by atoms with Crippen LogP contribution in [-0.2, 0) is 5.54 Å². The van der Waals surface area contributed by atoms with E-state index in [9.17, 15) is 9.81 Å². The van der Waals surface area contributed by atoms with Crippen LogP contribution in [0.3, 0.4) is 0 Å². The molecule has 0 aliphatic heterocycles. The smallest absolute Gasteiger partial charge is 0.149 e. The van der Waals surface area contributed by atoms with E-state index in [2.05, 4.69) is 10.4 Å². The zero-order valence-corrected chi connectivity index (χ0v) is 12.3. The van der Waals surface area contributed by atoms with Crippen molar-refractivity contribution in [1.82, 2.24) is 0 Å². The Bertz CT molecular complexity index is 760. The zero-order chi connectivity index (χ0) is 16.1. The zero-order valence-electron chi connectivity index (χ0n) is 12.3. The van der Waals surface area contributed by atoms with Crippen LogP contribution in [0.5, 0.6) is 0 Å². The topological polar surface area (TPSA) is 58.9 Å². The first kappa shape index (κ1) is 14.8. The fraction of sp³-hybridized carbons (Fsp3) is 0.0526. The van der Waals surface area contributed by atoms with Gasteiger partial charge >= 0.3 is 0 Å². The first-order valence-electron chi connectivity index (χ1n) is 7.21. The minimum absolute atomic E-state index is 0.315. The summed E-state index contributed by atoms with van der Waals surface area (Å²) in [5.74, 6) is 0. The molecule has 23 heavy (non-hydrogen) atoms. The SMILES string of the molecule is O=Nc1ccc(C(N=O)(c2ccccc2)c2ccccc2)cc1. The lowest BCUT2D eigenvalue weighted by atomic mass is 9.78. The van der Waals surface area contributed by atoms with E-state index in [-0.39, 0.29) is 0 Å². The van der Waals surface area contributed by atoms with Crippen molar-refractivity contribution in [2.24, 2.45) is 10.4 Å². The summed E-state index contributed by atoms with van der Waals surface area (Å²) >= 11 is 0. The van der Waals surface area contributed by atoms with Gasteiger partial charge in [0.1, 0.15) is 5.69 Å². The summed E-state index contributed by atoms with van der Waals surface area (Å²) in [5.41, 5.74) is 1.39. The van der Waals surface area contributed by atoms with Crippen LogP contribution in [0.4, 0.5) is 5.69 Å². The molecule has 3 aromatic carbocycles. The van der Waals surface area contributed by atoms with Gasteiger partial charge in [-0.3, -0.25) is 0 Å². The van der Waals surface area contributed by atoms with E-state index < -0.39 is 5.54 Å². The Morgan fingerprint density at radius 2 is 1.00 bits per heavy atom. The van der Waals surface area contributed by atoms with E-state index in [1.165, 1.54) is 0 Å². The van der Waals surface area contributed by atoms with Gasteiger partial charge in [-0.25, -0.2) is 0 Å². The van der Waals surface area contributed by atoms with Crippen molar-refractivity contribution in [1.29, 1.82) is 0 Å². The van der Waals surface area contributed by atoms with Crippen LogP contribution >= 0.6 is 0 Å². The Hall–Kier alpha value is -3.14. The molecule has 0 atom stereocenters. The van der Waals surface area contributed by atoms with Crippen LogP contribution in [-0.4, -0.2) is 0 Å². The summed E-state index contributed by atoms with van der Waals surface area (Å²) < 4.78 is 0. The van der Waals surface area contributed by atoms with Crippen LogP contribution in [0, 0.1) is 9.81 Å². The normalized spacial score (nSPS) is 11.0. The molecule has 0 saturated heterocycles. The highest BCUT2D eigenvalue weighted by Crippen LogP contribution is 2.40. The van der Waals surface area contributed by atoms with E-state index in [1.807, 2.05) is 60.7 Å². The third-order valence-electron chi connectivity index (χ3n) is 3.91. The summed E-state index contributed by atoms with van der Waals surface area (Å²) in [6.45, 7) is 0. The van der Waals surface area contributed by atoms with Gasteiger partial charge in [-0.05, 0) is 39.2 Å². The maximum Gasteiger partial charge on any atom is 0.177 e. The third kappa shape index (κ3) is 2.55. The second kappa shape index (κ2) is 6.32. The molecule has 4 nitrogen and oxygen atoms in total.